The lowest BCUT2D eigenvalue weighted by Gasteiger charge is -2.30. The van der Waals surface area contributed by atoms with Gasteiger partial charge in [0, 0.05) is 51.7 Å². The van der Waals surface area contributed by atoms with Gasteiger partial charge in [-0.1, -0.05) is 104 Å². The lowest BCUT2D eigenvalue weighted by molar-refractivity contribution is 0.451. The van der Waals surface area contributed by atoms with Crippen LogP contribution < -0.4 is 4.74 Å². The molecule has 0 saturated carbocycles. The molecule has 9 rings (SSSR count). The van der Waals surface area contributed by atoms with Crippen molar-refractivity contribution in [2.45, 2.75) is 52.9 Å². The molecule has 5 heteroatoms. The van der Waals surface area contributed by atoms with E-state index in [-0.39, 0.29) is 5.92 Å². The first kappa shape index (κ1) is 33.6. The first-order valence-electron chi connectivity index (χ1n) is 19.2. The van der Waals surface area contributed by atoms with E-state index in [0.29, 0.717) is 5.92 Å². The van der Waals surface area contributed by atoms with Crippen LogP contribution in [-0.4, -0.2) is 19.3 Å². The number of allylic oxidation sites excluding steroid dienone is 2. The van der Waals surface area contributed by atoms with Crippen molar-refractivity contribution in [2.24, 2.45) is 5.92 Å². The van der Waals surface area contributed by atoms with Crippen LogP contribution >= 0.6 is 0 Å². The number of fused-ring (bicyclic) bond motifs is 3. The Hall–Kier alpha value is -6.20. The predicted molar refractivity (Wildman–Crippen MR) is 222 cm³/mol. The van der Waals surface area contributed by atoms with Gasteiger partial charge in [0.25, 0.3) is 0 Å². The number of aryl methyl sites for hydroxylation is 2. The lowest BCUT2D eigenvalue weighted by Crippen LogP contribution is -2.16. The van der Waals surface area contributed by atoms with Gasteiger partial charge in [0.2, 0.25) is 0 Å². The summed E-state index contributed by atoms with van der Waals surface area (Å²) in [6.45, 7) is 9.00. The van der Waals surface area contributed by atoms with E-state index in [1.165, 1.54) is 27.6 Å². The molecule has 3 aromatic heterocycles. The van der Waals surface area contributed by atoms with Crippen LogP contribution in [-0.2, 0) is 6.42 Å². The molecular weight excluding hydrogens is 661 g/mol. The molecule has 0 bridgehead atoms. The van der Waals surface area contributed by atoms with Crippen molar-refractivity contribution in [1.29, 1.82) is 0 Å². The molecule has 0 fully saturated rings. The minimum absolute atomic E-state index is 0.254. The molecule has 54 heavy (non-hydrogen) atoms. The van der Waals surface area contributed by atoms with E-state index >= 15 is 0 Å². The SMILES string of the molecule is CCc1cc(Oc2ccc3c4ccccc4n(-c4cc(C)ccn4)c3c2)cc(-n2nc(-c3ccccc3)c([C@@H]3C(C)=CCC[C@@H]3C)c2-c2ccccc2)c1. The van der Waals surface area contributed by atoms with E-state index in [2.05, 4.69) is 170 Å². The van der Waals surface area contributed by atoms with Crippen LogP contribution in [0.5, 0.6) is 11.5 Å². The van der Waals surface area contributed by atoms with E-state index in [9.17, 15) is 0 Å². The molecule has 1 aliphatic carbocycles. The van der Waals surface area contributed by atoms with Crippen LogP contribution in [0.15, 0.2) is 151 Å². The van der Waals surface area contributed by atoms with Gasteiger partial charge in [0.1, 0.15) is 17.3 Å². The summed E-state index contributed by atoms with van der Waals surface area (Å²) < 4.78 is 11.3. The van der Waals surface area contributed by atoms with Gasteiger partial charge < -0.3 is 4.74 Å². The highest BCUT2D eigenvalue weighted by Gasteiger charge is 2.33. The van der Waals surface area contributed by atoms with Gasteiger partial charge in [0.05, 0.1) is 28.1 Å². The third kappa shape index (κ3) is 6.00. The first-order valence-corrected chi connectivity index (χ1v) is 19.2. The molecule has 266 valence electrons. The highest BCUT2D eigenvalue weighted by Crippen LogP contribution is 2.47. The van der Waals surface area contributed by atoms with Crippen molar-refractivity contribution in [3.8, 4) is 45.5 Å². The Morgan fingerprint density at radius 3 is 2.22 bits per heavy atom. The maximum Gasteiger partial charge on any atom is 0.137 e. The number of benzene rings is 5. The van der Waals surface area contributed by atoms with Crippen molar-refractivity contribution in [2.75, 3.05) is 0 Å². The summed E-state index contributed by atoms with van der Waals surface area (Å²) in [6.07, 6.45) is 7.44. The second kappa shape index (κ2) is 14.0. The third-order valence-corrected chi connectivity index (χ3v) is 11.1. The highest BCUT2D eigenvalue weighted by atomic mass is 16.5. The second-order valence-electron chi connectivity index (χ2n) is 14.7. The summed E-state index contributed by atoms with van der Waals surface area (Å²) in [5.41, 5.74) is 12.7. The maximum absolute atomic E-state index is 6.84. The second-order valence-corrected chi connectivity index (χ2v) is 14.7. The van der Waals surface area contributed by atoms with Crippen molar-refractivity contribution < 1.29 is 4.74 Å². The van der Waals surface area contributed by atoms with Crippen LogP contribution in [0, 0.1) is 12.8 Å². The fourth-order valence-electron chi connectivity index (χ4n) is 8.49. The average Bonchev–Trinajstić information content (AvgIpc) is 3.75. The monoisotopic (exact) mass is 704 g/mol. The van der Waals surface area contributed by atoms with Crippen molar-refractivity contribution in [3.63, 3.8) is 0 Å². The number of hydrogen-bond acceptors (Lipinski definition) is 3. The van der Waals surface area contributed by atoms with Crippen LogP contribution in [0.3, 0.4) is 0 Å². The molecule has 0 aliphatic heterocycles. The molecule has 0 spiro atoms. The normalized spacial score (nSPS) is 15.8. The number of aromatic nitrogens is 4. The molecule has 0 unspecified atom stereocenters. The fraction of sp³-hybridized carbons (Fsp3) is 0.184. The van der Waals surface area contributed by atoms with Crippen molar-refractivity contribution in [3.05, 3.63) is 168 Å². The summed E-state index contributed by atoms with van der Waals surface area (Å²) in [7, 11) is 0. The standard InChI is InChI=1S/C49H44N4O/c1-5-35-28-38(30-40(29-35)54-39-23-24-42-41-21-12-13-22-43(41)52(44(42)31-39)45-27-32(2)25-26-50-45)53-49(37-19-10-7-11-20-37)47(46-33(3)15-14-16-34(46)4)48(51-53)36-17-8-6-9-18-36/h6-13,15,17-31,34,46H,5,14,16H2,1-4H3/t34-,46+/m0/s1. The smallest absolute Gasteiger partial charge is 0.137 e. The summed E-state index contributed by atoms with van der Waals surface area (Å²) in [4.78, 5) is 4.78. The number of rotatable bonds is 8. The lowest BCUT2D eigenvalue weighted by atomic mass is 9.74. The van der Waals surface area contributed by atoms with Crippen molar-refractivity contribution >= 4 is 21.8 Å². The van der Waals surface area contributed by atoms with E-state index in [0.717, 1.165) is 81.2 Å². The van der Waals surface area contributed by atoms with Gasteiger partial charge in [-0.05, 0) is 92.6 Å². The fourth-order valence-corrected chi connectivity index (χ4v) is 8.49. The van der Waals surface area contributed by atoms with Crippen LogP contribution in [0.4, 0.5) is 0 Å². The molecule has 3 heterocycles. The number of ether oxygens (including phenoxy) is 1. The zero-order chi connectivity index (χ0) is 36.8. The minimum Gasteiger partial charge on any atom is -0.457 e. The van der Waals surface area contributed by atoms with Crippen LogP contribution in [0.25, 0.3) is 55.8 Å². The molecular formula is C49H44N4O. The summed E-state index contributed by atoms with van der Waals surface area (Å²) >= 11 is 0. The third-order valence-electron chi connectivity index (χ3n) is 11.1. The van der Waals surface area contributed by atoms with Gasteiger partial charge in [-0.2, -0.15) is 5.10 Å². The van der Waals surface area contributed by atoms with Gasteiger partial charge in [-0.15, -0.1) is 0 Å². The molecule has 0 saturated heterocycles. The maximum atomic E-state index is 6.84. The van der Waals surface area contributed by atoms with E-state index in [4.69, 9.17) is 14.8 Å². The predicted octanol–water partition coefficient (Wildman–Crippen LogP) is 12.8. The number of pyridine rings is 1. The van der Waals surface area contributed by atoms with Gasteiger partial charge in [-0.3, -0.25) is 4.57 Å². The summed E-state index contributed by atoms with van der Waals surface area (Å²) in [5, 5.41) is 7.89. The van der Waals surface area contributed by atoms with E-state index in [1.807, 2.05) is 12.3 Å². The minimum atomic E-state index is 0.254. The van der Waals surface area contributed by atoms with Crippen LogP contribution in [0.1, 0.15) is 56.2 Å². The van der Waals surface area contributed by atoms with E-state index < -0.39 is 0 Å². The molecule has 0 amide bonds. The quantitative estimate of drug-likeness (QED) is 0.148. The topological polar surface area (TPSA) is 44.9 Å². The Kier molecular flexibility index (Phi) is 8.70. The molecule has 0 N–H and O–H groups in total. The van der Waals surface area contributed by atoms with Gasteiger partial charge in [0.15, 0.2) is 0 Å². The van der Waals surface area contributed by atoms with E-state index in [1.54, 1.807) is 0 Å². The van der Waals surface area contributed by atoms with Crippen molar-refractivity contribution in [1.82, 2.24) is 19.3 Å². The number of nitrogens with zero attached hydrogens (tertiary/aromatic N) is 4. The summed E-state index contributed by atoms with van der Waals surface area (Å²) in [5.74, 6) is 3.18. The van der Waals surface area contributed by atoms with Gasteiger partial charge in [-0.25, -0.2) is 9.67 Å². The zero-order valence-electron chi connectivity index (χ0n) is 31.3. The highest BCUT2D eigenvalue weighted by molar-refractivity contribution is 6.09. The molecule has 0 radical (unpaired) electrons. The number of para-hydroxylation sites is 1. The number of hydrogen-bond donors (Lipinski definition) is 0. The molecule has 5 nitrogen and oxygen atoms in total. The van der Waals surface area contributed by atoms with Gasteiger partial charge >= 0.3 is 0 Å². The zero-order valence-corrected chi connectivity index (χ0v) is 31.3. The molecule has 1 aliphatic rings. The molecule has 8 aromatic rings. The Bertz CT molecular complexity index is 2670. The first-order chi connectivity index (χ1) is 26.5. The Labute approximate surface area is 317 Å². The Balaban J connectivity index is 1.22. The Morgan fingerprint density at radius 1 is 0.722 bits per heavy atom. The average molecular weight is 705 g/mol. The largest absolute Gasteiger partial charge is 0.457 e. The van der Waals surface area contributed by atoms with Crippen LogP contribution in [0.2, 0.25) is 0 Å². The summed E-state index contributed by atoms with van der Waals surface area (Å²) in [6, 6.07) is 47.1. The Morgan fingerprint density at radius 2 is 1.46 bits per heavy atom. The molecule has 5 aromatic carbocycles. The molecule has 2 atom stereocenters.